The zero-order valence-corrected chi connectivity index (χ0v) is 16.5. The molecule has 1 aliphatic heterocycles. The highest BCUT2D eigenvalue weighted by Gasteiger charge is 2.33. The number of fused-ring (bicyclic) bond motifs is 6. The third kappa shape index (κ3) is 2.42. The van der Waals surface area contributed by atoms with Gasteiger partial charge in [-0.05, 0) is 47.0 Å². The third-order valence-corrected chi connectivity index (χ3v) is 6.07. The highest BCUT2D eigenvalue weighted by atomic mass is 16.4. The quantitative estimate of drug-likeness (QED) is 0.327. The molecule has 1 aliphatic rings. The van der Waals surface area contributed by atoms with Gasteiger partial charge in [0.15, 0.2) is 0 Å². The van der Waals surface area contributed by atoms with E-state index in [9.17, 15) is 4.79 Å². The van der Waals surface area contributed by atoms with Crippen LogP contribution in [0.4, 0.5) is 11.4 Å². The molecule has 1 unspecified atom stereocenters. The molecular weight excluding hydrogens is 370 g/mol. The lowest BCUT2D eigenvalue weighted by atomic mass is 9.79. The van der Waals surface area contributed by atoms with Crippen LogP contribution in [0.5, 0.6) is 0 Å². The molecule has 6 rings (SSSR count). The van der Waals surface area contributed by atoms with Crippen molar-refractivity contribution >= 4 is 33.1 Å². The second kappa shape index (κ2) is 6.33. The summed E-state index contributed by atoms with van der Waals surface area (Å²) in [4.78, 5) is 13.3. The average Bonchev–Trinajstić information content (AvgIpc) is 2.78. The molecule has 3 heteroatoms. The minimum absolute atomic E-state index is 0.205. The molecule has 30 heavy (non-hydrogen) atoms. The predicted molar refractivity (Wildman–Crippen MR) is 122 cm³/mol. The second-order valence-electron chi connectivity index (χ2n) is 7.89. The van der Waals surface area contributed by atoms with E-state index < -0.39 is 0 Å². The normalized spacial score (nSPS) is 14.9. The molecule has 1 N–H and O–H groups in total. The molecular formula is C27H19NO2. The Morgan fingerprint density at radius 3 is 2.33 bits per heavy atom. The number of anilines is 2. The van der Waals surface area contributed by atoms with Crippen molar-refractivity contribution in [2.45, 2.75) is 12.8 Å². The van der Waals surface area contributed by atoms with Crippen molar-refractivity contribution in [1.29, 1.82) is 0 Å². The lowest BCUT2D eigenvalue weighted by molar-refractivity contribution is 0.549. The maximum atomic E-state index is 13.3. The van der Waals surface area contributed by atoms with E-state index in [1.807, 2.05) is 36.4 Å². The Kier molecular flexibility index (Phi) is 3.59. The number of hydrogen-bond acceptors (Lipinski definition) is 3. The molecule has 1 atom stereocenters. The first-order chi connectivity index (χ1) is 14.7. The molecule has 0 amide bonds. The molecule has 2 heterocycles. The van der Waals surface area contributed by atoms with Crippen LogP contribution in [0.25, 0.3) is 21.7 Å². The Balaban J connectivity index is 1.76. The first kappa shape index (κ1) is 17.0. The molecule has 4 aromatic carbocycles. The van der Waals surface area contributed by atoms with Gasteiger partial charge in [-0.3, -0.25) is 0 Å². The Morgan fingerprint density at radius 1 is 0.767 bits per heavy atom. The van der Waals surface area contributed by atoms with Crippen LogP contribution in [-0.2, 0) is 0 Å². The summed E-state index contributed by atoms with van der Waals surface area (Å²) in [5.41, 5.74) is 6.24. The maximum Gasteiger partial charge on any atom is 0.342 e. The number of para-hydroxylation sites is 1. The van der Waals surface area contributed by atoms with Crippen molar-refractivity contribution in [2.24, 2.45) is 0 Å². The van der Waals surface area contributed by atoms with E-state index >= 15 is 0 Å². The summed E-state index contributed by atoms with van der Waals surface area (Å²) in [6, 6.07) is 28.7. The zero-order valence-electron chi connectivity index (χ0n) is 16.5. The largest absolute Gasteiger partial charge is 0.422 e. The van der Waals surface area contributed by atoms with Gasteiger partial charge < -0.3 is 9.73 Å². The second-order valence-corrected chi connectivity index (χ2v) is 7.89. The molecule has 144 valence electrons. The fourth-order valence-electron chi connectivity index (χ4n) is 4.65. The van der Waals surface area contributed by atoms with Gasteiger partial charge in [-0.1, -0.05) is 72.3 Å². The molecule has 0 saturated heterocycles. The SMILES string of the molecule is Cc1ccc(C2c3c(c4ccccc4oc3=O)Nc3ccc4ccccc4c32)cc1. The molecule has 0 aliphatic carbocycles. The van der Waals surface area contributed by atoms with E-state index in [1.165, 1.54) is 5.56 Å². The van der Waals surface area contributed by atoms with E-state index in [1.54, 1.807) is 0 Å². The van der Waals surface area contributed by atoms with Gasteiger partial charge in [-0.15, -0.1) is 0 Å². The summed E-state index contributed by atoms with van der Waals surface area (Å²) in [5.74, 6) is -0.205. The molecule has 1 aromatic heterocycles. The summed E-state index contributed by atoms with van der Waals surface area (Å²) in [6.07, 6.45) is 0. The number of hydrogen-bond donors (Lipinski definition) is 1. The molecule has 0 saturated carbocycles. The van der Waals surface area contributed by atoms with Crippen molar-refractivity contribution < 1.29 is 4.42 Å². The summed E-state index contributed by atoms with van der Waals surface area (Å²) >= 11 is 0. The van der Waals surface area contributed by atoms with Crippen LogP contribution in [0.1, 0.15) is 28.2 Å². The summed E-state index contributed by atoms with van der Waals surface area (Å²) in [6.45, 7) is 2.07. The number of rotatable bonds is 1. The van der Waals surface area contributed by atoms with E-state index in [4.69, 9.17) is 4.42 Å². The van der Waals surface area contributed by atoms with E-state index in [-0.39, 0.29) is 11.5 Å². The van der Waals surface area contributed by atoms with E-state index in [2.05, 4.69) is 60.8 Å². The maximum absolute atomic E-state index is 13.3. The topological polar surface area (TPSA) is 42.2 Å². The Labute approximate surface area is 173 Å². The van der Waals surface area contributed by atoms with Gasteiger partial charge in [0.1, 0.15) is 5.58 Å². The van der Waals surface area contributed by atoms with Crippen LogP contribution in [0, 0.1) is 6.92 Å². The van der Waals surface area contributed by atoms with Crippen molar-refractivity contribution in [3.8, 4) is 0 Å². The van der Waals surface area contributed by atoms with Gasteiger partial charge in [0.25, 0.3) is 0 Å². The molecule has 0 spiro atoms. The van der Waals surface area contributed by atoms with Crippen molar-refractivity contribution in [3.05, 3.63) is 118 Å². The van der Waals surface area contributed by atoms with E-state index in [0.29, 0.717) is 11.1 Å². The number of benzene rings is 4. The number of aryl methyl sites for hydroxylation is 1. The standard InChI is InChI=1S/C27H19NO2/c1-16-10-12-18(13-11-16)23-24-19-7-3-2-6-17(19)14-15-21(24)28-26-20-8-4-5-9-22(20)30-27(29)25(23)26/h2-15,23,28H,1H3. The van der Waals surface area contributed by atoms with E-state index in [0.717, 1.165) is 38.7 Å². The summed E-state index contributed by atoms with van der Waals surface area (Å²) in [5, 5.41) is 6.79. The van der Waals surface area contributed by atoms with Crippen molar-refractivity contribution in [2.75, 3.05) is 5.32 Å². The van der Waals surface area contributed by atoms with Crippen LogP contribution in [0.2, 0.25) is 0 Å². The minimum atomic E-state index is -0.291. The smallest absolute Gasteiger partial charge is 0.342 e. The lowest BCUT2D eigenvalue weighted by Crippen LogP contribution is -2.22. The molecule has 0 fully saturated rings. The minimum Gasteiger partial charge on any atom is -0.422 e. The van der Waals surface area contributed by atoms with Gasteiger partial charge in [0.05, 0.1) is 11.3 Å². The lowest BCUT2D eigenvalue weighted by Gasteiger charge is -2.30. The van der Waals surface area contributed by atoms with Crippen LogP contribution >= 0.6 is 0 Å². The first-order valence-electron chi connectivity index (χ1n) is 10.1. The Morgan fingerprint density at radius 2 is 1.50 bits per heavy atom. The average molecular weight is 389 g/mol. The molecule has 0 radical (unpaired) electrons. The molecule has 0 bridgehead atoms. The Bertz CT molecular complexity index is 1500. The molecule has 3 nitrogen and oxygen atoms in total. The van der Waals surface area contributed by atoms with Gasteiger partial charge in [-0.25, -0.2) is 4.79 Å². The predicted octanol–water partition coefficient (Wildman–Crippen LogP) is 6.49. The van der Waals surface area contributed by atoms with Crippen molar-refractivity contribution in [3.63, 3.8) is 0 Å². The van der Waals surface area contributed by atoms with Crippen LogP contribution in [0.15, 0.2) is 94.1 Å². The van der Waals surface area contributed by atoms with Gasteiger partial charge >= 0.3 is 5.63 Å². The van der Waals surface area contributed by atoms with Crippen LogP contribution in [0.3, 0.4) is 0 Å². The highest BCUT2D eigenvalue weighted by molar-refractivity contribution is 6.00. The first-order valence-corrected chi connectivity index (χ1v) is 10.1. The highest BCUT2D eigenvalue weighted by Crippen LogP contribution is 2.48. The fourth-order valence-corrected chi connectivity index (χ4v) is 4.65. The van der Waals surface area contributed by atoms with Gasteiger partial charge in [0, 0.05) is 17.0 Å². The van der Waals surface area contributed by atoms with Crippen LogP contribution in [-0.4, -0.2) is 0 Å². The van der Waals surface area contributed by atoms with Crippen molar-refractivity contribution in [1.82, 2.24) is 0 Å². The zero-order chi connectivity index (χ0) is 20.2. The van der Waals surface area contributed by atoms with Crippen LogP contribution < -0.4 is 10.9 Å². The third-order valence-electron chi connectivity index (χ3n) is 6.07. The number of nitrogens with one attached hydrogen (secondary N) is 1. The fraction of sp³-hybridized carbons (Fsp3) is 0.0741. The summed E-state index contributed by atoms with van der Waals surface area (Å²) < 4.78 is 5.77. The van der Waals surface area contributed by atoms with Gasteiger partial charge in [-0.2, -0.15) is 0 Å². The summed E-state index contributed by atoms with van der Waals surface area (Å²) in [7, 11) is 0. The molecule has 5 aromatic rings. The van der Waals surface area contributed by atoms with Gasteiger partial charge in [0.2, 0.25) is 0 Å². The monoisotopic (exact) mass is 389 g/mol. The Hall–Kier alpha value is -3.85.